The summed E-state index contributed by atoms with van der Waals surface area (Å²) in [4.78, 5) is 4.28. The van der Waals surface area contributed by atoms with Gasteiger partial charge in [0.15, 0.2) is 0 Å². The predicted octanol–water partition coefficient (Wildman–Crippen LogP) is 4.04. The van der Waals surface area contributed by atoms with Gasteiger partial charge in [0.1, 0.15) is 0 Å². The van der Waals surface area contributed by atoms with E-state index < -0.39 is 0 Å². The van der Waals surface area contributed by atoms with Crippen molar-refractivity contribution in [1.82, 2.24) is 4.98 Å². The average molecular weight is 178 g/mol. The monoisotopic (exact) mass is 178 g/mol. The Balaban J connectivity index is -0.000000142. The summed E-state index contributed by atoms with van der Waals surface area (Å²) < 4.78 is 30.0. The Morgan fingerprint density at radius 2 is 2.42 bits per heavy atom. The van der Waals surface area contributed by atoms with Gasteiger partial charge in [-0.05, 0) is 30.9 Å². The number of hydrogen-bond acceptors (Lipinski definition) is 1. The molecule has 0 bridgehead atoms. The van der Waals surface area contributed by atoms with Crippen molar-refractivity contribution in [1.29, 1.82) is 0 Å². The number of hydrogen-bond donors (Lipinski definition) is 0. The lowest BCUT2D eigenvalue weighted by molar-refractivity contribution is 0.513. The summed E-state index contributed by atoms with van der Waals surface area (Å²) >= 11 is 0. The van der Waals surface area contributed by atoms with E-state index in [1.54, 1.807) is 0 Å². The second-order valence-electron chi connectivity index (χ2n) is 3.37. The minimum Gasteiger partial charge on any atom is -0.261 e. The lowest BCUT2D eigenvalue weighted by Gasteiger charge is -2.06. The third kappa shape index (κ3) is 3.04. The van der Waals surface area contributed by atoms with Crippen molar-refractivity contribution in [2.45, 2.75) is 33.1 Å². The van der Waals surface area contributed by atoms with Crippen LogP contribution in [0.25, 0.3) is 0 Å². The summed E-state index contributed by atoms with van der Waals surface area (Å²) in [5.74, 6) is 0.826. The first-order chi connectivity index (χ1) is 8.83. The summed E-state index contributed by atoms with van der Waals surface area (Å²) in [7, 11) is 0. The van der Waals surface area contributed by atoms with Gasteiger partial charge < -0.3 is 0 Å². The maximum absolute atomic E-state index is 5.00. The zero-order valence-corrected chi connectivity index (χ0v) is 7.96. The Morgan fingerprint density at radius 1 is 1.58 bits per heavy atom. The molecule has 74 valence electrons. The van der Waals surface area contributed by atoms with Crippen molar-refractivity contribution >= 4 is 0 Å². The fourth-order valence-electron chi connectivity index (χ4n) is 1.14. The summed E-state index contributed by atoms with van der Waals surface area (Å²) in [5, 5.41) is 0. The third-order valence-electron chi connectivity index (χ3n) is 2.32. The molecule has 0 aliphatic rings. The lowest BCUT2D eigenvalue weighted by atomic mass is 10.0. The second kappa shape index (κ2) is 4.91. The van der Waals surface area contributed by atoms with Crippen LogP contribution >= 0.6 is 0 Å². The molecule has 12 heavy (non-hydrogen) atoms. The molecule has 0 aliphatic carbocycles. The zero-order chi connectivity index (χ0) is 14.8. The van der Waals surface area contributed by atoms with Crippen LogP contribution in [-0.2, 0) is 6.42 Å². The van der Waals surface area contributed by atoms with Crippen LogP contribution < -0.4 is 0 Å². The minimum absolute atomic E-state index is 0. The van der Waals surface area contributed by atoms with Crippen molar-refractivity contribution in [2.24, 2.45) is 5.92 Å². The zero-order valence-electron chi connectivity index (χ0n) is 14.0. The van der Waals surface area contributed by atoms with E-state index in [-0.39, 0.29) is 1.43 Å². The van der Waals surface area contributed by atoms with Gasteiger partial charge in [0, 0.05) is 22.2 Å². The summed E-state index contributed by atoms with van der Waals surface area (Å²) in [6.45, 7) is 4.53. The van der Waals surface area contributed by atoms with E-state index in [1.807, 2.05) is 12.3 Å². The van der Waals surface area contributed by atoms with E-state index in [2.05, 4.69) is 31.0 Å². The SMILES string of the molecule is CCC(C)CCc1ccccn1.[2HH].[2H][2H].[2H][2H].[2H][2H]. The molecule has 0 N–H and O–H groups in total. The maximum atomic E-state index is 5.00. The largest absolute Gasteiger partial charge is 0.261 e. The molecule has 0 spiro atoms. The Kier molecular flexibility index (Phi) is 2.35. The van der Waals surface area contributed by atoms with Crippen LogP contribution in [0.4, 0.5) is 0 Å². The number of nitrogens with zero attached hydrogens (tertiary/aromatic N) is 1. The topological polar surface area (TPSA) is 12.9 Å². The molecule has 1 heterocycles. The Morgan fingerprint density at radius 3 is 3.00 bits per heavy atom. The smallest absolute Gasteiger partial charge is 0.0403 e. The molecule has 0 saturated heterocycles. The first-order valence-electron chi connectivity index (χ1n) is 7.72. The van der Waals surface area contributed by atoms with Crippen molar-refractivity contribution in [3.8, 4) is 0 Å². The maximum Gasteiger partial charge on any atom is 0.0403 e. The Bertz CT molecular complexity index is 224. The molecule has 1 unspecified atom stereocenters. The van der Waals surface area contributed by atoms with Gasteiger partial charge in [-0.2, -0.15) is 0 Å². The van der Waals surface area contributed by atoms with Gasteiger partial charge >= 0.3 is 0 Å². The fraction of sp³-hybridized carbons (Fsp3) is 0.545. The van der Waals surface area contributed by atoms with E-state index in [1.165, 1.54) is 18.5 Å². The van der Waals surface area contributed by atoms with Gasteiger partial charge in [-0.3, -0.25) is 4.98 Å². The van der Waals surface area contributed by atoms with E-state index in [4.69, 9.17) is 8.91 Å². The van der Waals surface area contributed by atoms with Gasteiger partial charge in [-0.1, -0.05) is 26.3 Å². The quantitative estimate of drug-likeness (QED) is 0.678. The molecule has 0 aliphatic heterocycles. The van der Waals surface area contributed by atoms with Gasteiger partial charge in [-0.25, -0.2) is 0 Å². The van der Waals surface area contributed by atoms with E-state index in [0.717, 1.165) is 12.3 Å². The normalized spacial score (nSPS) is 14.8. The molecule has 1 rings (SSSR count). The van der Waals surface area contributed by atoms with Crippen molar-refractivity contribution in [2.75, 3.05) is 0 Å². The van der Waals surface area contributed by atoms with E-state index in [0.29, 0.717) is 0 Å². The molecule has 1 aromatic heterocycles. The van der Waals surface area contributed by atoms with Crippen LogP contribution in [0, 0.1) is 5.92 Å². The molecule has 0 fully saturated rings. The van der Waals surface area contributed by atoms with Crippen molar-refractivity contribution in [3.63, 3.8) is 0 Å². The summed E-state index contributed by atoms with van der Waals surface area (Å²) in [6, 6.07) is 6.12. The van der Waals surface area contributed by atoms with Crippen LogP contribution in [0.1, 0.15) is 42.7 Å². The average Bonchev–Trinajstić information content (AvgIpc) is 2.52. The molecule has 0 aromatic carbocycles. The van der Waals surface area contributed by atoms with Crippen LogP contribution in [0.15, 0.2) is 24.4 Å². The lowest BCUT2D eigenvalue weighted by Crippen LogP contribution is -1.96. The van der Waals surface area contributed by atoms with Crippen molar-refractivity contribution < 1.29 is 10.3 Å². The molecule has 1 atom stereocenters. The summed E-state index contributed by atoms with van der Waals surface area (Å²) in [5.41, 5.74) is 1.22. The summed E-state index contributed by atoms with van der Waals surface area (Å²) in [6.07, 6.45) is 5.52. The molecule has 1 aromatic rings. The van der Waals surface area contributed by atoms with Crippen LogP contribution in [0.3, 0.4) is 0 Å². The Hall–Kier alpha value is -0.850. The number of aryl methyl sites for hydroxylation is 1. The van der Waals surface area contributed by atoms with Crippen LogP contribution in [-0.4, -0.2) is 4.98 Å². The number of pyridine rings is 1. The van der Waals surface area contributed by atoms with Gasteiger partial charge in [0.05, 0.1) is 0 Å². The molecular weight excluding hydrogens is 146 g/mol. The first kappa shape index (κ1) is 5.74. The van der Waals surface area contributed by atoms with Gasteiger partial charge in [-0.15, -0.1) is 0 Å². The highest BCUT2D eigenvalue weighted by atomic mass is 14.7. The van der Waals surface area contributed by atoms with Crippen LogP contribution in [0.5, 0.6) is 0 Å². The minimum atomic E-state index is 0. The van der Waals surface area contributed by atoms with Gasteiger partial charge in [0.25, 0.3) is 0 Å². The third-order valence-corrected chi connectivity index (χ3v) is 2.32. The second-order valence-corrected chi connectivity index (χ2v) is 3.37. The number of rotatable bonds is 4. The Labute approximate surface area is 85.6 Å². The first-order valence-corrected chi connectivity index (χ1v) is 4.72. The molecule has 1 nitrogen and oxygen atoms in total. The van der Waals surface area contributed by atoms with E-state index in [9.17, 15) is 0 Å². The molecule has 0 amide bonds. The molecular formula is C11H25N. The van der Waals surface area contributed by atoms with Crippen LogP contribution in [0.2, 0.25) is 0 Å². The predicted molar refractivity (Wildman–Crippen MR) is 60.5 cm³/mol. The fourth-order valence-corrected chi connectivity index (χ4v) is 1.14. The highest BCUT2D eigenvalue weighted by molar-refractivity contribution is 5.03. The highest BCUT2D eigenvalue weighted by Gasteiger charge is 1.99. The van der Waals surface area contributed by atoms with Crippen molar-refractivity contribution in [3.05, 3.63) is 30.1 Å². The number of aromatic nitrogens is 1. The highest BCUT2D eigenvalue weighted by Crippen LogP contribution is 2.09. The van der Waals surface area contributed by atoms with Gasteiger partial charge in [0.2, 0.25) is 0 Å². The van der Waals surface area contributed by atoms with E-state index >= 15 is 0 Å². The molecule has 0 radical (unpaired) electrons. The molecule has 0 saturated carbocycles. The standard InChI is InChI=1S/C11H17N.4H2/c1-3-10(2)7-8-11-6-4-5-9-12-11;;;;/h4-6,9-10H,3,7-8H2,1-2H3;4*1H/i;3*1+1D;1+1. The molecule has 1 heteroatoms.